The van der Waals surface area contributed by atoms with Crippen molar-refractivity contribution in [3.63, 3.8) is 0 Å². The van der Waals surface area contributed by atoms with E-state index in [-0.39, 0.29) is 6.29 Å². The van der Waals surface area contributed by atoms with Crippen molar-refractivity contribution in [3.8, 4) is 0 Å². The lowest BCUT2D eigenvalue weighted by molar-refractivity contribution is -0.111. The summed E-state index contributed by atoms with van der Waals surface area (Å²) in [5.41, 5.74) is 0. The van der Waals surface area contributed by atoms with Crippen LogP contribution in [0.1, 0.15) is 32.1 Å². The van der Waals surface area contributed by atoms with Gasteiger partial charge in [-0.3, -0.25) is 0 Å². The summed E-state index contributed by atoms with van der Waals surface area (Å²) in [5, 5.41) is 0. The first-order valence-electron chi connectivity index (χ1n) is 5.57. The van der Waals surface area contributed by atoms with Crippen molar-refractivity contribution >= 4 is 0 Å². The van der Waals surface area contributed by atoms with Gasteiger partial charge in [-0.15, -0.1) is 13.2 Å². The van der Waals surface area contributed by atoms with Crippen LogP contribution in [0.4, 0.5) is 0 Å². The van der Waals surface area contributed by atoms with Gasteiger partial charge >= 0.3 is 0 Å². The SMILES string of the molecule is C=CCCCC[C@@H](C=C)CC(OC)OC. The molecule has 0 heterocycles. The van der Waals surface area contributed by atoms with Crippen molar-refractivity contribution in [1.82, 2.24) is 0 Å². The molecule has 0 amide bonds. The second-order valence-electron chi connectivity index (χ2n) is 3.71. The van der Waals surface area contributed by atoms with E-state index in [2.05, 4.69) is 13.2 Å². The van der Waals surface area contributed by atoms with E-state index in [1.807, 2.05) is 12.2 Å². The number of ether oxygens (including phenoxy) is 2. The van der Waals surface area contributed by atoms with Crippen LogP contribution in [0.25, 0.3) is 0 Å². The molecule has 0 spiro atoms. The van der Waals surface area contributed by atoms with Crippen molar-refractivity contribution in [2.45, 2.75) is 38.4 Å². The maximum Gasteiger partial charge on any atom is 0.157 e. The zero-order valence-electron chi connectivity index (χ0n) is 10.1. The molecule has 0 saturated heterocycles. The van der Waals surface area contributed by atoms with Crippen LogP contribution in [-0.4, -0.2) is 20.5 Å². The van der Waals surface area contributed by atoms with Crippen LogP contribution in [0.15, 0.2) is 25.3 Å². The molecular formula is C13H24O2. The Morgan fingerprint density at radius 3 is 2.27 bits per heavy atom. The maximum absolute atomic E-state index is 5.17. The molecule has 0 fully saturated rings. The number of hydrogen-bond acceptors (Lipinski definition) is 2. The Bertz CT molecular complexity index is 162. The molecule has 0 aliphatic rings. The monoisotopic (exact) mass is 212 g/mol. The quantitative estimate of drug-likeness (QED) is 0.313. The minimum Gasteiger partial charge on any atom is -0.356 e. The Balaban J connectivity index is 3.71. The fourth-order valence-electron chi connectivity index (χ4n) is 1.56. The Morgan fingerprint density at radius 2 is 1.80 bits per heavy atom. The molecule has 1 atom stereocenters. The normalized spacial score (nSPS) is 12.7. The molecule has 2 heteroatoms. The van der Waals surface area contributed by atoms with Gasteiger partial charge in [0.15, 0.2) is 6.29 Å². The van der Waals surface area contributed by atoms with Crippen LogP contribution in [0, 0.1) is 5.92 Å². The summed E-state index contributed by atoms with van der Waals surface area (Å²) >= 11 is 0. The fraction of sp³-hybridized carbons (Fsp3) is 0.692. The molecule has 0 saturated carbocycles. The third-order valence-electron chi connectivity index (χ3n) is 2.59. The van der Waals surface area contributed by atoms with E-state index in [4.69, 9.17) is 9.47 Å². The Morgan fingerprint density at radius 1 is 1.13 bits per heavy atom. The predicted octanol–water partition coefficient (Wildman–Crippen LogP) is 3.54. The average Bonchev–Trinajstić information content (AvgIpc) is 2.28. The van der Waals surface area contributed by atoms with Gasteiger partial charge in [-0.05, 0) is 25.2 Å². The van der Waals surface area contributed by atoms with Gasteiger partial charge in [0.1, 0.15) is 0 Å². The summed E-state index contributed by atoms with van der Waals surface area (Å²) in [4.78, 5) is 0. The van der Waals surface area contributed by atoms with Gasteiger partial charge < -0.3 is 9.47 Å². The summed E-state index contributed by atoms with van der Waals surface area (Å²) in [6, 6.07) is 0. The largest absolute Gasteiger partial charge is 0.356 e. The van der Waals surface area contributed by atoms with E-state index in [9.17, 15) is 0 Å². The average molecular weight is 212 g/mol. The summed E-state index contributed by atoms with van der Waals surface area (Å²) < 4.78 is 10.3. The van der Waals surface area contributed by atoms with Gasteiger partial charge in [-0.2, -0.15) is 0 Å². The second-order valence-corrected chi connectivity index (χ2v) is 3.71. The number of allylic oxidation sites excluding steroid dienone is 2. The third-order valence-corrected chi connectivity index (χ3v) is 2.59. The molecule has 0 aliphatic carbocycles. The molecule has 0 radical (unpaired) electrons. The van der Waals surface area contributed by atoms with Crippen LogP contribution >= 0.6 is 0 Å². The zero-order valence-corrected chi connectivity index (χ0v) is 10.1. The molecule has 0 aliphatic heterocycles. The van der Waals surface area contributed by atoms with Crippen molar-refractivity contribution in [2.75, 3.05) is 14.2 Å². The molecule has 15 heavy (non-hydrogen) atoms. The summed E-state index contributed by atoms with van der Waals surface area (Å²) in [6.07, 6.45) is 9.43. The lowest BCUT2D eigenvalue weighted by Gasteiger charge is -2.18. The standard InChI is InChI=1S/C13H24O2/c1-5-7-8-9-10-12(6-2)11-13(14-3)15-4/h5-6,12-13H,1-2,7-11H2,3-4H3/t12-/m1/s1. The van der Waals surface area contributed by atoms with E-state index in [1.165, 1.54) is 12.8 Å². The highest BCUT2D eigenvalue weighted by atomic mass is 16.7. The Kier molecular flexibility index (Phi) is 9.54. The Hall–Kier alpha value is -0.600. The topological polar surface area (TPSA) is 18.5 Å². The van der Waals surface area contributed by atoms with Crippen LogP contribution in [-0.2, 0) is 9.47 Å². The van der Waals surface area contributed by atoms with E-state index in [0.29, 0.717) is 5.92 Å². The van der Waals surface area contributed by atoms with Gasteiger partial charge in [0.25, 0.3) is 0 Å². The number of hydrogen-bond donors (Lipinski definition) is 0. The number of methoxy groups -OCH3 is 2. The fourth-order valence-corrected chi connectivity index (χ4v) is 1.56. The highest BCUT2D eigenvalue weighted by Crippen LogP contribution is 2.18. The Labute approximate surface area is 94.0 Å². The van der Waals surface area contributed by atoms with Crippen LogP contribution in [0.2, 0.25) is 0 Å². The smallest absolute Gasteiger partial charge is 0.157 e. The van der Waals surface area contributed by atoms with Gasteiger partial charge in [0, 0.05) is 20.6 Å². The molecular weight excluding hydrogens is 188 g/mol. The van der Waals surface area contributed by atoms with E-state index >= 15 is 0 Å². The van der Waals surface area contributed by atoms with Crippen molar-refractivity contribution in [1.29, 1.82) is 0 Å². The third kappa shape index (κ3) is 7.34. The van der Waals surface area contributed by atoms with Crippen molar-refractivity contribution in [2.24, 2.45) is 5.92 Å². The van der Waals surface area contributed by atoms with E-state index in [0.717, 1.165) is 19.3 Å². The molecule has 0 N–H and O–H groups in total. The molecule has 0 rings (SSSR count). The van der Waals surface area contributed by atoms with Crippen LogP contribution < -0.4 is 0 Å². The lowest BCUT2D eigenvalue weighted by Crippen LogP contribution is -2.17. The zero-order chi connectivity index (χ0) is 11.5. The van der Waals surface area contributed by atoms with Gasteiger partial charge in [0.05, 0.1) is 0 Å². The summed E-state index contributed by atoms with van der Waals surface area (Å²) in [6.45, 7) is 7.56. The molecule has 0 bridgehead atoms. The lowest BCUT2D eigenvalue weighted by atomic mass is 9.97. The van der Waals surface area contributed by atoms with E-state index in [1.54, 1.807) is 14.2 Å². The van der Waals surface area contributed by atoms with Gasteiger partial charge in [-0.25, -0.2) is 0 Å². The first-order chi connectivity index (χ1) is 7.28. The van der Waals surface area contributed by atoms with Crippen LogP contribution in [0.5, 0.6) is 0 Å². The molecule has 0 unspecified atom stereocenters. The number of unbranched alkanes of at least 4 members (excludes halogenated alkanes) is 2. The first kappa shape index (κ1) is 14.4. The van der Waals surface area contributed by atoms with Crippen molar-refractivity contribution in [3.05, 3.63) is 25.3 Å². The molecule has 0 aromatic carbocycles. The molecule has 88 valence electrons. The highest BCUT2D eigenvalue weighted by molar-refractivity contribution is 4.80. The molecule has 0 aromatic heterocycles. The van der Waals surface area contributed by atoms with Crippen LogP contribution in [0.3, 0.4) is 0 Å². The second kappa shape index (κ2) is 9.94. The minimum absolute atomic E-state index is 0.104. The number of rotatable bonds is 10. The van der Waals surface area contributed by atoms with Crippen molar-refractivity contribution < 1.29 is 9.47 Å². The van der Waals surface area contributed by atoms with Gasteiger partial charge in [-0.1, -0.05) is 18.6 Å². The molecule has 2 nitrogen and oxygen atoms in total. The maximum atomic E-state index is 5.17. The molecule has 0 aromatic rings. The summed E-state index contributed by atoms with van der Waals surface area (Å²) in [7, 11) is 3.35. The minimum atomic E-state index is -0.104. The highest BCUT2D eigenvalue weighted by Gasteiger charge is 2.12. The van der Waals surface area contributed by atoms with Gasteiger partial charge in [0.2, 0.25) is 0 Å². The van der Waals surface area contributed by atoms with E-state index < -0.39 is 0 Å². The summed E-state index contributed by atoms with van der Waals surface area (Å²) in [5.74, 6) is 0.486. The predicted molar refractivity (Wildman–Crippen MR) is 64.8 cm³/mol. The first-order valence-corrected chi connectivity index (χ1v) is 5.57.